The summed E-state index contributed by atoms with van der Waals surface area (Å²) in [7, 11) is -0.746. The summed E-state index contributed by atoms with van der Waals surface area (Å²) in [5, 5.41) is 9.14. The van der Waals surface area contributed by atoms with Gasteiger partial charge in [0.25, 0.3) is 0 Å². The lowest BCUT2D eigenvalue weighted by Crippen LogP contribution is -2.33. The maximum Gasteiger partial charge on any atom is 0.127 e. The van der Waals surface area contributed by atoms with Crippen molar-refractivity contribution in [2.75, 3.05) is 0 Å². The fourth-order valence-electron chi connectivity index (χ4n) is 3.11. The molecule has 1 fully saturated rings. The molecule has 0 spiro atoms. The van der Waals surface area contributed by atoms with Crippen LogP contribution in [-0.4, -0.2) is 14.7 Å². The molecule has 2 heterocycles. The number of benzene rings is 1. The molecule has 0 N–H and O–H groups in total. The smallest absolute Gasteiger partial charge is 0.127 e. The van der Waals surface area contributed by atoms with Crippen LogP contribution in [-0.2, 0) is 17.2 Å². The van der Waals surface area contributed by atoms with Crippen molar-refractivity contribution in [3.63, 3.8) is 0 Å². The van der Waals surface area contributed by atoms with Crippen molar-refractivity contribution in [2.45, 2.75) is 42.6 Å². The van der Waals surface area contributed by atoms with Crippen molar-refractivity contribution in [1.29, 1.82) is 5.26 Å². The third-order valence-corrected chi connectivity index (χ3v) is 6.19. The van der Waals surface area contributed by atoms with Crippen LogP contribution < -0.4 is 0 Å². The van der Waals surface area contributed by atoms with Crippen LogP contribution in [0.15, 0.2) is 24.3 Å². The van der Waals surface area contributed by atoms with Crippen LogP contribution in [0.5, 0.6) is 0 Å². The van der Waals surface area contributed by atoms with Gasteiger partial charge in [0.2, 0.25) is 0 Å². The number of allylic oxidation sites excluding steroid dienone is 1. The first-order valence-corrected chi connectivity index (χ1v) is 8.22. The number of nitrogens with zero attached hydrogens (tertiary/aromatic N) is 1. The molecule has 1 saturated heterocycles. The predicted molar refractivity (Wildman–Crippen MR) is 77.9 cm³/mol. The Labute approximate surface area is 120 Å². The van der Waals surface area contributed by atoms with Crippen molar-refractivity contribution in [3.05, 3.63) is 41.2 Å². The minimum atomic E-state index is -0.746. The first-order chi connectivity index (χ1) is 9.69. The van der Waals surface area contributed by atoms with Gasteiger partial charge in [-0.25, -0.2) is 4.39 Å². The van der Waals surface area contributed by atoms with Gasteiger partial charge >= 0.3 is 0 Å². The zero-order valence-corrected chi connectivity index (χ0v) is 12.0. The van der Waals surface area contributed by atoms with E-state index in [1.807, 2.05) is 6.07 Å². The van der Waals surface area contributed by atoms with Crippen LogP contribution in [0.1, 0.15) is 36.8 Å². The monoisotopic (exact) mass is 289 g/mol. The molecule has 1 aromatic rings. The number of hydrogen-bond donors (Lipinski definition) is 0. The first-order valence-electron chi connectivity index (χ1n) is 6.95. The topological polar surface area (TPSA) is 40.9 Å². The molecule has 4 heteroatoms. The lowest BCUT2D eigenvalue weighted by Gasteiger charge is -2.33. The average Bonchev–Trinajstić information content (AvgIpc) is 2.41. The molecule has 2 bridgehead atoms. The van der Waals surface area contributed by atoms with E-state index in [-0.39, 0.29) is 22.7 Å². The summed E-state index contributed by atoms with van der Waals surface area (Å²) in [6.45, 7) is 0. The number of nitriles is 1. The molecule has 2 nitrogen and oxygen atoms in total. The van der Waals surface area contributed by atoms with Gasteiger partial charge in [0, 0.05) is 21.6 Å². The summed E-state index contributed by atoms with van der Waals surface area (Å²) < 4.78 is 25.8. The maximum absolute atomic E-state index is 13.6. The fraction of sp³-hybridized carbons (Fsp3) is 0.438. The summed E-state index contributed by atoms with van der Waals surface area (Å²) >= 11 is 0. The van der Waals surface area contributed by atoms with Crippen LogP contribution in [0.3, 0.4) is 0 Å². The Hall–Kier alpha value is -1.47. The highest BCUT2D eigenvalue weighted by atomic mass is 32.2. The maximum atomic E-state index is 13.6. The lowest BCUT2D eigenvalue weighted by molar-refractivity contribution is 0.579. The molecule has 2 aliphatic rings. The quantitative estimate of drug-likeness (QED) is 0.837. The number of fused-ring (bicyclic) bond motifs is 2. The van der Waals surface area contributed by atoms with Gasteiger partial charge in [0.15, 0.2) is 0 Å². The van der Waals surface area contributed by atoms with Gasteiger partial charge in [0.05, 0.1) is 17.7 Å². The lowest BCUT2D eigenvalue weighted by atomic mass is 9.92. The third kappa shape index (κ3) is 2.43. The average molecular weight is 289 g/mol. The van der Waals surface area contributed by atoms with Crippen LogP contribution >= 0.6 is 0 Å². The van der Waals surface area contributed by atoms with Gasteiger partial charge in [-0.2, -0.15) is 5.26 Å². The molecule has 104 valence electrons. The van der Waals surface area contributed by atoms with E-state index in [9.17, 15) is 8.60 Å². The van der Waals surface area contributed by atoms with Crippen LogP contribution in [0.4, 0.5) is 4.39 Å². The summed E-state index contributed by atoms with van der Waals surface area (Å²) in [4.78, 5) is 0. The minimum absolute atomic E-state index is 0.0890. The second kappa shape index (κ2) is 5.49. The first kappa shape index (κ1) is 13.5. The number of halogens is 1. The Morgan fingerprint density at radius 2 is 2.25 bits per heavy atom. The molecule has 0 saturated carbocycles. The molecule has 0 amide bonds. The zero-order valence-electron chi connectivity index (χ0n) is 11.1. The van der Waals surface area contributed by atoms with Crippen LogP contribution in [0, 0.1) is 17.1 Å². The highest BCUT2D eigenvalue weighted by Gasteiger charge is 2.33. The van der Waals surface area contributed by atoms with Crippen molar-refractivity contribution >= 4 is 16.4 Å². The SMILES string of the molecule is N#CCc1cc(C2=CC3CCCC(C2)S3=O)ccc1F. The van der Waals surface area contributed by atoms with Crippen LogP contribution in [0.2, 0.25) is 0 Å². The summed E-state index contributed by atoms with van der Waals surface area (Å²) in [6.07, 6.45) is 6.15. The van der Waals surface area contributed by atoms with E-state index in [0.717, 1.165) is 31.2 Å². The molecule has 3 rings (SSSR count). The Bertz CT molecular complexity index is 632. The normalized spacial score (nSPS) is 28.6. The van der Waals surface area contributed by atoms with Gasteiger partial charge in [-0.1, -0.05) is 18.6 Å². The molecule has 20 heavy (non-hydrogen) atoms. The van der Waals surface area contributed by atoms with Gasteiger partial charge in [-0.3, -0.25) is 4.21 Å². The minimum Gasteiger partial charge on any atom is -0.259 e. The summed E-state index contributed by atoms with van der Waals surface area (Å²) in [5.74, 6) is -0.324. The molecule has 3 atom stereocenters. The second-order valence-electron chi connectivity index (χ2n) is 5.46. The van der Waals surface area contributed by atoms with E-state index in [2.05, 4.69) is 6.08 Å². The highest BCUT2D eigenvalue weighted by molar-refractivity contribution is 7.86. The fourth-order valence-corrected chi connectivity index (χ4v) is 5.04. The Morgan fingerprint density at radius 3 is 3.00 bits per heavy atom. The van der Waals surface area contributed by atoms with Gasteiger partial charge in [0.1, 0.15) is 5.82 Å². The summed E-state index contributed by atoms with van der Waals surface area (Å²) in [6, 6.07) is 6.97. The predicted octanol–water partition coefficient (Wildman–Crippen LogP) is 3.35. The second-order valence-corrected chi connectivity index (χ2v) is 7.39. The molecular weight excluding hydrogens is 273 g/mol. The molecule has 1 aromatic carbocycles. The Balaban J connectivity index is 1.95. The third-order valence-electron chi connectivity index (χ3n) is 4.16. The van der Waals surface area contributed by atoms with E-state index in [1.165, 1.54) is 11.6 Å². The summed E-state index contributed by atoms with van der Waals surface area (Å²) in [5.41, 5.74) is 2.59. The molecular formula is C16H16FNOS. The molecule has 0 aliphatic carbocycles. The van der Waals surface area contributed by atoms with Crippen molar-refractivity contribution in [2.24, 2.45) is 0 Å². The Morgan fingerprint density at radius 1 is 1.40 bits per heavy atom. The molecule has 2 aliphatic heterocycles. The van der Waals surface area contributed by atoms with E-state index in [0.29, 0.717) is 5.56 Å². The molecule has 0 radical (unpaired) electrons. The van der Waals surface area contributed by atoms with Gasteiger partial charge < -0.3 is 0 Å². The van der Waals surface area contributed by atoms with E-state index in [4.69, 9.17) is 5.26 Å². The standard InChI is InChI=1S/C16H16FNOS/c17-16-5-4-11(8-12(16)6-7-18)13-9-14-2-1-3-15(10-13)20(14)19/h4-5,8-9,14-15H,1-3,6,10H2. The van der Waals surface area contributed by atoms with E-state index in [1.54, 1.807) is 12.1 Å². The van der Waals surface area contributed by atoms with Crippen molar-refractivity contribution < 1.29 is 8.60 Å². The molecule has 0 aromatic heterocycles. The Kier molecular flexibility index (Phi) is 3.71. The van der Waals surface area contributed by atoms with Gasteiger partial charge in [-0.05, 0) is 42.5 Å². The molecule has 3 unspecified atom stereocenters. The highest BCUT2D eigenvalue weighted by Crippen LogP contribution is 2.37. The zero-order chi connectivity index (χ0) is 14.1. The number of rotatable bonds is 2. The van der Waals surface area contributed by atoms with Crippen molar-refractivity contribution in [1.82, 2.24) is 0 Å². The van der Waals surface area contributed by atoms with Gasteiger partial charge in [-0.15, -0.1) is 0 Å². The van der Waals surface area contributed by atoms with E-state index < -0.39 is 10.8 Å². The van der Waals surface area contributed by atoms with Crippen LogP contribution in [0.25, 0.3) is 5.57 Å². The van der Waals surface area contributed by atoms with E-state index >= 15 is 0 Å². The largest absolute Gasteiger partial charge is 0.259 e. The van der Waals surface area contributed by atoms with Crippen molar-refractivity contribution in [3.8, 4) is 6.07 Å². The number of hydrogen-bond acceptors (Lipinski definition) is 2.